The summed E-state index contributed by atoms with van der Waals surface area (Å²) in [5, 5.41) is 9.25. The van der Waals surface area contributed by atoms with Gasteiger partial charge >= 0.3 is 5.97 Å². The van der Waals surface area contributed by atoms with Crippen LogP contribution in [0.5, 0.6) is 0 Å². The fourth-order valence-corrected chi connectivity index (χ4v) is 2.37. The molecule has 1 amide bonds. The third-order valence-corrected chi connectivity index (χ3v) is 3.25. The lowest BCUT2D eigenvalue weighted by molar-refractivity contribution is -0.145. The average molecular weight is 249 g/mol. The Morgan fingerprint density at radius 1 is 1.39 bits per heavy atom. The van der Waals surface area contributed by atoms with Gasteiger partial charge in [-0.05, 0) is 18.8 Å². The third kappa shape index (κ3) is 2.32. The molecule has 0 spiro atoms. The van der Waals surface area contributed by atoms with Crippen LogP contribution in [-0.2, 0) is 4.79 Å². The zero-order chi connectivity index (χ0) is 13.1. The van der Waals surface area contributed by atoms with Crippen LogP contribution in [0.4, 0.5) is 0 Å². The first-order chi connectivity index (χ1) is 8.61. The van der Waals surface area contributed by atoms with Gasteiger partial charge in [0.15, 0.2) is 0 Å². The second-order valence-electron chi connectivity index (χ2n) is 4.53. The smallest absolute Gasteiger partial charge is 0.326 e. The molecule has 1 aliphatic heterocycles. The first kappa shape index (κ1) is 12.5. The number of carbonyl (C=O) groups is 2. The molecule has 1 aromatic heterocycles. The topological polar surface area (TPSA) is 83.4 Å². The van der Waals surface area contributed by atoms with E-state index in [4.69, 9.17) is 0 Å². The van der Waals surface area contributed by atoms with E-state index in [2.05, 4.69) is 9.97 Å². The molecule has 18 heavy (non-hydrogen) atoms. The average Bonchev–Trinajstić information content (AvgIpc) is 2.38. The maximum atomic E-state index is 12.2. The monoisotopic (exact) mass is 249 g/mol. The second kappa shape index (κ2) is 5.12. The van der Waals surface area contributed by atoms with Gasteiger partial charge in [-0.3, -0.25) is 4.79 Å². The molecule has 1 aliphatic rings. The lowest BCUT2D eigenvalue weighted by Crippen LogP contribution is -2.51. The van der Waals surface area contributed by atoms with Crippen molar-refractivity contribution in [2.75, 3.05) is 6.54 Å². The summed E-state index contributed by atoms with van der Waals surface area (Å²) in [7, 11) is 0. The summed E-state index contributed by atoms with van der Waals surface area (Å²) in [6.07, 6.45) is 5.81. The van der Waals surface area contributed by atoms with Gasteiger partial charge in [0.1, 0.15) is 12.4 Å². The van der Waals surface area contributed by atoms with E-state index in [1.54, 1.807) is 0 Å². The largest absolute Gasteiger partial charge is 0.480 e. The Balaban J connectivity index is 2.25. The van der Waals surface area contributed by atoms with Crippen LogP contribution in [0.25, 0.3) is 0 Å². The molecule has 2 unspecified atom stereocenters. The quantitative estimate of drug-likeness (QED) is 0.838. The summed E-state index contributed by atoms with van der Waals surface area (Å²) in [5.74, 6) is -1.30. The fourth-order valence-electron chi connectivity index (χ4n) is 2.37. The van der Waals surface area contributed by atoms with Gasteiger partial charge in [0, 0.05) is 18.9 Å². The lowest BCUT2D eigenvalue weighted by atomic mass is 9.90. The highest BCUT2D eigenvalue weighted by Gasteiger charge is 2.37. The van der Waals surface area contributed by atoms with Crippen LogP contribution in [0.1, 0.15) is 30.1 Å². The molecule has 0 saturated carbocycles. The minimum Gasteiger partial charge on any atom is -0.480 e. The highest BCUT2D eigenvalue weighted by atomic mass is 16.4. The van der Waals surface area contributed by atoms with Crippen molar-refractivity contribution < 1.29 is 14.7 Å². The van der Waals surface area contributed by atoms with E-state index in [1.807, 2.05) is 6.92 Å². The number of aliphatic carboxylic acids is 1. The molecule has 1 N–H and O–H groups in total. The normalized spacial score (nSPS) is 23.7. The predicted molar refractivity (Wildman–Crippen MR) is 62.9 cm³/mol. The lowest BCUT2D eigenvalue weighted by Gasteiger charge is -2.37. The molecule has 0 aliphatic carbocycles. The fraction of sp³-hybridized carbons (Fsp3) is 0.500. The Morgan fingerprint density at radius 3 is 2.67 bits per heavy atom. The number of carbonyl (C=O) groups excluding carboxylic acids is 1. The molecule has 0 aromatic carbocycles. The van der Waals surface area contributed by atoms with Crippen molar-refractivity contribution in [1.29, 1.82) is 0 Å². The van der Waals surface area contributed by atoms with Gasteiger partial charge in [-0.1, -0.05) is 6.92 Å². The molecule has 0 bridgehead atoms. The molecule has 96 valence electrons. The standard InChI is InChI=1S/C12H15N3O3/c1-8-3-2-4-15(10(8)12(17)18)11(16)9-5-13-7-14-6-9/h5-8,10H,2-4H2,1H3,(H,17,18). The first-order valence-electron chi connectivity index (χ1n) is 5.90. The van der Waals surface area contributed by atoms with E-state index in [-0.39, 0.29) is 11.8 Å². The van der Waals surface area contributed by atoms with Crippen molar-refractivity contribution >= 4 is 11.9 Å². The van der Waals surface area contributed by atoms with Crippen LogP contribution in [0.2, 0.25) is 0 Å². The Morgan fingerprint density at radius 2 is 2.06 bits per heavy atom. The van der Waals surface area contributed by atoms with Crippen LogP contribution in [-0.4, -0.2) is 44.4 Å². The van der Waals surface area contributed by atoms with Gasteiger partial charge in [0.05, 0.1) is 5.56 Å². The Hall–Kier alpha value is -1.98. The molecule has 6 heteroatoms. The molecule has 2 atom stereocenters. The van der Waals surface area contributed by atoms with E-state index in [9.17, 15) is 14.7 Å². The van der Waals surface area contributed by atoms with Crippen molar-refractivity contribution in [1.82, 2.24) is 14.9 Å². The van der Waals surface area contributed by atoms with Crippen LogP contribution in [0.3, 0.4) is 0 Å². The van der Waals surface area contributed by atoms with Crippen LogP contribution >= 0.6 is 0 Å². The number of carboxylic acid groups (broad SMARTS) is 1. The number of hydrogen-bond acceptors (Lipinski definition) is 4. The molecule has 6 nitrogen and oxygen atoms in total. The van der Waals surface area contributed by atoms with Crippen molar-refractivity contribution in [3.8, 4) is 0 Å². The number of nitrogens with zero attached hydrogens (tertiary/aromatic N) is 3. The second-order valence-corrected chi connectivity index (χ2v) is 4.53. The number of likely N-dealkylation sites (tertiary alicyclic amines) is 1. The summed E-state index contributed by atoms with van der Waals surface area (Å²) in [6.45, 7) is 2.33. The van der Waals surface area contributed by atoms with Crippen molar-refractivity contribution in [3.63, 3.8) is 0 Å². The Labute approximate surface area is 105 Å². The van der Waals surface area contributed by atoms with Crippen molar-refractivity contribution in [3.05, 3.63) is 24.3 Å². The summed E-state index contributed by atoms with van der Waals surface area (Å²) in [4.78, 5) is 32.5. The minimum absolute atomic E-state index is 0.0372. The highest BCUT2D eigenvalue weighted by Crippen LogP contribution is 2.24. The molecule has 1 saturated heterocycles. The van der Waals surface area contributed by atoms with Gasteiger partial charge in [0.2, 0.25) is 0 Å². The van der Waals surface area contributed by atoms with Crippen LogP contribution in [0, 0.1) is 5.92 Å². The molecule has 2 rings (SSSR count). The molecule has 2 heterocycles. The minimum atomic E-state index is -0.951. The SMILES string of the molecule is CC1CCCN(C(=O)c2cncnc2)C1C(=O)O. The van der Waals surface area contributed by atoms with E-state index < -0.39 is 12.0 Å². The highest BCUT2D eigenvalue weighted by molar-refractivity contribution is 5.96. The third-order valence-electron chi connectivity index (χ3n) is 3.25. The van der Waals surface area contributed by atoms with Gasteiger partial charge < -0.3 is 10.0 Å². The zero-order valence-electron chi connectivity index (χ0n) is 10.1. The predicted octanol–water partition coefficient (Wildman–Crippen LogP) is 0.802. The molecular weight excluding hydrogens is 234 g/mol. The van der Waals surface area contributed by atoms with Crippen molar-refractivity contribution in [2.45, 2.75) is 25.8 Å². The van der Waals surface area contributed by atoms with Gasteiger partial charge in [0.25, 0.3) is 5.91 Å². The number of carboxylic acids is 1. The molecular formula is C12H15N3O3. The Bertz CT molecular complexity index is 449. The van der Waals surface area contributed by atoms with Gasteiger partial charge in [-0.2, -0.15) is 0 Å². The first-order valence-corrected chi connectivity index (χ1v) is 5.90. The van der Waals surface area contributed by atoms with E-state index in [1.165, 1.54) is 23.6 Å². The molecule has 0 radical (unpaired) electrons. The van der Waals surface area contributed by atoms with Gasteiger partial charge in [-0.15, -0.1) is 0 Å². The molecule has 1 aromatic rings. The zero-order valence-corrected chi connectivity index (χ0v) is 10.1. The number of piperidine rings is 1. The van der Waals surface area contributed by atoms with Crippen LogP contribution < -0.4 is 0 Å². The van der Waals surface area contributed by atoms with Crippen molar-refractivity contribution in [2.24, 2.45) is 5.92 Å². The Kier molecular flexibility index (Phi) is 3.55. The summed E-state index contributed by atoms with van der Waals surface area (Å²) >= 11 is 0. The maximum absolute atomic E-state index is 12.2. The number of amides is 1. The molecule has 1 fully saturated rings. The number of rotatable bonds is 2. The van der Waals surface area contributed by atoms with Crippen LogP contribution in [0.15, 0.2) is 18.7 Å². The summed E-state index contributed by atoms with van der Waals surface area (Å²) < 4.78 is 0. The van der Waals surface area contributed by atoms with Gasteiger partial charge in [-0.25, -0.2) is 14.8 Å². The number of aromatic nitrogens is 2. The van der Waals surface area contributed by atoms with E-state index in [0.717, 1.165) is 12.8 Å². The van der Waals surface area contributed by atoms with E-state index >= 15 is 0 Å². The summed E-state index contributed by atoms with van der Waals surface area (Å²) in [6, 6.07) is -0.758. The van der Waals surface area contributed by atoms with E-state index in [0.29, 0.717) is 12.1 Å². The maximum Gasteiger partial charge on any atom is 0.326 e. The summed E-state index contributed by atoms with van der Waals surface area (Å²) in [5.41, 5.74) is 0.331. The number of hydrogen-bond donors (Lipinski definition) is 1.